The van der Waals surface area contributed by atoms with E-state index in [-0.39, 0.29) is 24.2 Å². The van der Waals surface area contributed by atoms with E-state index in [2.05, 4.69) is 6.92 Å². The van der Waals surface area contributed by atoms with Gasteiger partial charge in [0.1, 0.15) is 0 Å². The molecule has 0 aromatic heterocycles. The number of aliphatic hydroxyl groups excluding tert-OH is 1. The smallest absolute Gasteiger partial charge is 0.303 e. The third-order valence-electron chi connectivity index (χ3n) is 4.82. The number of aliphatic carboxylic acids is 1. The van der Waals surface area contributed by atoms with Gasteiger partial charge < -0.3 is 10.2 Å². The highest BCUT2D eigenvalue weighted by Crippen LogP contribution is 2.36. The molecule has 4 heteroatoms. The van der Waals surface area contributed by atoms with Gasteiger partial charge in [0, 0.05) is 12.8 Å². The van der Waals surface area contributed by atoms with Crippen molar-refractivity contribution in [1.82, 2.24) is 0 Å². The van der Waals surface area contributed by atoms with E-state index in [1.807, 2.05) is 6.08 Å². The third kappa shape index (κ3) is 8.31. The van der Waals surface area contributed by atoms with Crippen LogP contribution in [0.15, 0.2) is 12.2 Å². The molecule has 0 bridgehead atoms. The minimum absolute atomic E-state index is 0.195. The molecule has 0 heterocycles. The Balaban J connectivity index is 2.29. The first-order valence-corrected chi connectivity index (χ1v) is 9.15. The van der Waals surface area contributed by atoms with Gasteiger partial charge in [0.15, 0.2) is 5.78 Å². The first-order chi connectivity index (χ1) is 11.0. The maximum atomic E-state index is 11.7. The van der Waals surface area contributed by atoms with Crippen LogP contribution < -0.4 is 0 Å². The summed E-state index contributed by atoms with van der Waals surface area (Å²) in [5, 5.41) is 18.7. The molecular weight excluding hydrogens is 292 g/mol. The van der Waals surface area contributed by atoms with Gasteiger partial charge in [-0.05, 0) is 50.0 Å². The van der Waals surface area contributed by atoms with Crippen molar-refractivity contribution in [1.29, 1.82) is 0 Å². The largest absolute Gasteiger partial charge is 0.481 e. The summed E-state index contributed by atoms with van der Waals surface area (Å²) < 4.78 is 0. The summed E-state index contributed by atoms with van der Waals surface area (Å²) in [7, 11) is 0. The number of allylic oxidation sites excluding steroid dienone is 2. The summed E-state index contributed by atoms with van der Waals surface area (Å²) in [6.45, 7) is 2.08. The first-order valence-electron chi connectivity index (χ1n) is 9.15. The Labute approximate surface area is 140 Å². The summed E-state index contributed by atoms with van der Waals surface area (Å²) in [6, 6.07) is 0. The molecule has 23 heavy (non-hydrogen) atoms. The van der Waals surface area contributed by atoms with Crippen molar-refractivity contribution in [2.75, 3.05) is 0 Å². The van der Waals surface area contributed by atoms with E-state index in [1.54, 1.807) is 6.08 Å². The van der Waals surface area contributed by atoms with Crippen LogP contribution >= 0.6 is 0 Å². The Morgan fingerprint density at radius 2 is 1.78 bits per heavy atom. The quantitative estimate of drug-likeness (QED) is 0.418. The number of hydrogen-bond donors (Lipinski definition) is 2. The average molecular weight is 324 g/mol. The van der Waals surface area contributed by atoms with E-state index >= 15 is 0 Å². The maximum Gasteiger partial charge on any atom is 0.303 e. The van der Waals surface area contributed by atoms with Crippen molar-refractivity contribution in [3.05, 3.63) is 12.2 Å². The van der Waals surface area contributed by atoms with Gasteiger partial charge in [-0.3, -0.25) is 9.59 Å². The Bertz CT molecular complexity index is 389. The normalized spacial score (nSPS) is 24.3. The molecule has 0 radical (unpaired) electrons. The number of carbonyl (C=O) groups excluding carboxylic acids is 1. The van der Waals surface area contributed by atoms with Gasteiger partial charge in [-0.25, -0.2) is 0 Å². The SMILES string of the molecule is CCCCC(=O)C=CC1CCC(O)C1CCCCCCC(=O)O. The highest BCUT2D eigenvalue weighted by Gasteiger charge is 2.32. The topological polar surface area (TPSA) is 74.6 Å². The fourth-order valence-electron chi connectivity index (χ4n) is 3.40. The highest BCUT2D eigenvalue weighted by molar-refractivity contribution is 5.89. The molecule has 0 spiro atoms. The number of ketones is 1. The van der Waals surface area contributed by atoms with E-state index in [0.29, 0.717) is 12.3 Å². The van der Waals surface area contributed by atoms with Crippen LogP contribution in [-0.2, 0) is 9.59 Å². The second kappa shape index (κ2) is 11.4. The van der Waals surface area contributed by atoms with Gasteiger partial charge in [0.2, 0.25) is 0 Å². The van der Waals surface area contributed by atoms with Crippen LogP contribution in [0.2, 0.25) is 0 Å². The van der Waals surface area contributed by atoms with Crippen molar-refractivity contribution in [2.45, 2.75) is 83.7 Å². The molecule has 3 unspecified atom stereocenters. The average Bonchev–Trinajstić information content (AvgIpc) is 2.86. The third-order valence-corrected chi connectivity index (χ3v) is 4.82. The molecule has 4 nitrogen and oxygen atoms in total. The van der Waals surface area contributed by atoms with Gasteiger partial charge in [0.25, 0.3) is 0 Å². The molecule has 1 aliphatic rings. The number of rotatable bonds is 12. The molecule has 1 fully saturated rings. The Morgan fingerprint density at radius 1 is 1.04 bits per heavy atom. The van der Waals surface area contributed by atoms with Crippen LogP contribution in [0.4, 0.5) is 0 Å². The van der Waals surface area contributed by atoms with Crippen LogP contribution in [0.1, 0.15) is 77.6 Å². The Morgan fingerprint density at radius 3 is 2.48 bits per heavy atom. The Kier molecular flexibility index (Phi) is 9.85. The summed E-state index contributed by atoms with van der Waals surface area (Å²) in [4.78, 5) is 22.2. The van der Waals surface area contributed by atoms with E-state index < -0.39 is 5.97 Å². The number of aliphatic hydroxyl groups is 1. The van der Waals surface area contributed by atoms with Crippen LogP contribution in [0.5, 0.6) is 0 Å². The predicted octanol–water partition coefficient (Wildman–Crippen LogP) is 4.11. The minimum atomic E-state index is -0.728. The summed E-state index contributed by atoms with van der Waals surface area (Å²) >= 11 is 0. The number of carboxylic acid groups (broad SMARTS) is 1. The molecule has 3 atom stereocenters. The molecule has 0 amide bonds. The van der Waals surface area contributed by atoms with Crippen LogP contribution in [0.3, 0.4) is 0 Å². The lowest BCUT2D eigenvalue weighted by molar-refractivity contribution is -0.137. The van der Waals surface area contributed by atoms with Crippen LogP contribution in [0.25, 0.3) is 0 Å². The summed E-state index contributed by atoms with van der Waals surface area (Å²) in [6.07, 6.45) is 12.8. The fourth-order valence-corrected chi connectivity index (χ4v) is 3.40. The van der Waals surface area contributed by atoms with Crippen molar-refractivity contribution >= 4 is 11.8 Å². The predicted molar refractivity (Wildman–Crippen MR) is 91.2 cm³/mol. The van der Waals surface area contributed by atoms with Crippen molar-refractivity contribution in [3.63, 3.8) is 0 Å². The summed E-state index contributed by atoms with van der Waals surface area (Å²) in [5.74, 6) is 0.0362. The molecule has 1 aliphatic carbocycles. The van der Waals surface area contributed by atoms with Crippen LogP contribution in [-0.4, -0.2) is 28.1 Å². The standard InChI is InChI=1S/C19H32O4/c1-2-3-8-16(20)13-11-15-12-14-18(21)17(15)9-6-4-5-7-10-19(22)23/h11,13,15,17-18,21H,2-10,12,14H2,1H3,(H,22,23). The van der Waals surface area contributed by atoms with E-state index in [0.717, 1.165) is 57.8 Å². The Hall–Kier alpha value is -1.16. The minimum Gasteiger partial charge on any atom is -0.481 e. The molecule has 1 rings (SSSR count). The first kappa shape index (κ1) is 19.9. The molecule has 0 aromatic rings. The summed E-state index contributed by atoms with van der Waals surface area (Å²) in [5.41, 5.74) is 0. The van der Waals surface area contributed by atoms with Gasteiger partial charge in [-0.2, -0.15) is 0 Å². The lowest BCUT2D eigenvalue weighted by Crippen LogP contribution is -2.18. The number of carbonyl (C=O) groups is 2. The number of carboxylic acids is 1. The van der Waals surface area contributed by atoms with Crippen molar-refractivity contribution in [3.8, 4) is 0 Å². The number of unbranched alkanes of at least 4 members (excludes halogenated alkanes) is 4. The molecule has 132 valence electrons. The molecule has 0 aliphatic heterocycles. The molecule has 1 saturated carbocycles. The van der Waals surface area contributed by atoms with E-state index in [9.17, 15) is 14.7 Å². The zero-order valence-electron chi connectivity index (χ0n) is 14.4. The molecule has 0 saturated heterocycles. The maximum absolute atomic E-state index is 11.7. The van der Waals surface area contributed by atoms with Crippen molar-refractivity contribution < 1.29 is 19.8 Å². The zero-order valence-corrected chi connectivity index (χ0v) is 14.4. The van der Waals surface area contributed by atoms with E-state index in [4.69, 9.17) is 5.11 Å². The highest BCUT2D eigenvalue weighted by atomic mass is 16.4. The lowest BCUT2D eigenvalue weighted by Gasteiger charge is -2.19. The van der Waals surface area contributed by atoms with Crippen LogP contribution in [0, 0.1) is 11.8 Å². The molecular formula is C19H32O4. The molecule has 2 N–H and O–H groups in total. The molecule has 0 aromatic carbocycles. The lowest BCUT2D eigenvalue weighted by atomic mass is 9.88. The second-order valence-electron chi connectivity index (χ2n) is 6.75. The van der Waals surface area contributed by atoms with E-state index in [1.165, 1.54) is 0 Å². The van der Waals surface area contributed by atoms with Gasteiger partial charge in [-0.1, -0.05) is 38.7 Å². The van der Waals surface area contributed by atoms with Gasteiger partial charge in [-0.15, -0.1) is 0 Å². The number of hydrogen-bond acceptors (Lipinski definition) is 3. The zero-order chi connectivity index (χ0) is 17.1. The van der Waals surface area contributed by atoms with Gasteiger partial charge in [0.05, 0.1) is 6.10 Å². The van der Waals surface area contributed by atoms with Crippen molar-refractivity contribution in [2.24, 2.45) is 11.8 Å². The fraction of sp³-hybridized carbons (Fsp3) is 0.789. The van der Waals surface area contributed by atoms with Gasteiger partial charge >= 0.3 is 5.97 Å². The second-order valence-corrected chi connectivity index (χ2v) is 6.75. The monoisotopic (exact) mass is 324 g/mol.